The van der Waals surface area contributed by atoms with Crippen molar-refractivity contribution >= 4 is 28.4 Å². The first kappa shape index (κ1) is 20.5. The average Bonchev–Trinajstić information content (AvgIpc) is 2.75. The summed E-state index contributed by atoms with van der Waals surface area (Å²) in [4.78, 5) is 19.4. The number of amides is 1. The van der Waals surface area contributed by atoms with Crippen molar-refractivity contribution in [3.8, 4) is 11.5 Å². The highest BCUT2D eigenvalue weighted by Gasteiger charge is 2.36. The van der Waals surface area contributed by atoms with Crippen LogP contribution in [0.5, 0.6) is 11.5 Å². The van der Waals surface area contributed by atoms with Crippen molar-refractivity contribution in [2.75, 3.05) is 13.1 Å². The van der Waals surface area contributed by atoms with E-state index in [-0.39, 0.29) is 12.0 Å². The lowest BCUT2D eigenvalue weighted by molar-refractivity contribution is -0.147. The lowest BCUT2D eigenvalue weighted by atomic mass is 10.0. The second kappa shape index (κ2) is 8.52. The number of ether oxygens (including phenoxy) is 2. The molecule has 1 fully saturated rings. The zero-order valence-corrected chi connectivity index (χ0v) is 17.9. The summed E-state index contributed by atoms with van der Waals surface area (Å²) in [7, 11) is 0. The first-order valence-corrected chi connectivity index (χ1v) is 10.5. The first-order valence-electron chi connectivity index (χ1n) is 10.2. The second-order valence-electron chi connectivity index (χ2n) is 8.01. The molecule has 0 bridgehead atoms. The third kappa shape index (κ3) is 4.51. The molecule has 1 aliphatic rings. The van der Waals surface area contributed by atoms with Gasteiger partial charge in [-0.15, -0.1) is 0 Å². The van der Waals surface area contributed by atoms with E-state index in [4.69, 9.17) is 21.1 Å². The highest BCUT2D eigenvalue weighted by Crippen LogP contribution is 2.28. The number of carbonyl (C=O) groups excluding carboxylic acids is 1. The molecule has 0 saturated carbocycles. The summed E-state index contributed by atoms with van der Waals surface area (Å²) in [5.41, 5.74) is -0.0860. The summed E-state index contributed by atoms with van der Waals surface area (Å²) in [5.74, 6) is 1.39. The smallest absolute Gasteiger partial charge is 0.266 e. The standard InChI is InChI=1S/C24H25ClN2O3/c1-24(2,30-20-10-8-18(25)9-11-20)23(28)27-15-12-19(13-16-27)29-21-7-3-5-17-6-4-14-26-22(17)21/h3-11,14,19H,12-13,15-16H2,1-2H3. The molecule has 30 heavy (non-hydrogen) atoms. The lowest BCUT2D eigenvalue weighted by Crippen LogP contribution is -2.52. The molecule has 1 amide bonds. The molecular formula is C24H25ClN2O3. The van der Waals surface area contributed by atoms with Gasteiger partial charge in [0, 0.05) is 42.5 Å². The first-order chi connectivity index (χ1) is 14.4. The normalized spacial score (nSPS) is 15.2. The van der Waals surface area contributed by atoms with Gasteiger partial charge in [-0.25, -0.2) is 0 Å². The number of rotatable bonds is 5. The number of fused-ring (bicyclic) bond motifs is 1. The predicted molar refractivity (Wildman–Crippen MR) is 118 cm³/mol. The summed E-state index contributed by atoms with van der Waals surface area (Å²) in [6.07, 6.45) is 3.37. The van der Waals surface area contributed by atoms with Crippen molar-refractivity contribution in [3.05, 3.63) is 65.8 Å². The zero-order chi connectivity index (χ0) is 21.1. The Labute approximate surface area is 181 Å². The van der Waals surface area contributed by atoms with Gasteiger partial charge in [-0.2, -0.15) is 0 Å². The van der Waals surface area contributed by atoms with E-state index in [1.165, 1.54) is 0 Å². The molecule has 6 heteroatoms. The molecule has 0 aliphatic carbocycles. The van der Waals surface area contributed by atoms with Crippen molar-refractivity contribution in [2.24, 2.45) is 0 Å². The van der Waals surface area contributed by atoms with Crippen LogP contribution in [0.2, 0.25) is 5.02 Å². The van der Waals surface area contributed by atoms with Crippen LogP contribution < -0.4 is 9.47 Å². The van der Waals surface area contributed by atoms with Gasteiger partial charge in [0.25, 0.3) is 5.91 Å². The van der Waals surface area contributed by atoms with E-state index in [9.17, 15) is 4.79 Å². The molecule has 2 heterocycles. The minimum absolute atomic E-state index is 0.0253. The number of halogens is 1. The van der Waals surface area contributed by atoms with Crippen molar-refractivity contribution < 1.29 is 14.3 Å². The Morgan fingerprint density at radius 1 is 1.07 bits per heavy atom. The molecule has 3 aromatic rings. The van der Waals surface area contributed by atoms with Gasteiger partial charge in [0.05, 0.1) is 0 Å². The van der Waals surface area contributed by atoms with E-state index in [1.807, 2.05) is 35.2 Å². The maximum Gasteiger partial charge on any atom is 0.266 e. The zero-order valence-electron chi connectivity index (χ0n) is 17.2. The number of carbonyl (C=O) groups is 1. The van der Waals surface area contributed by atoms with E-state index < -0.39 is 5.60 Å². The van der Waals surface area contributed by atoms with E-state index in [0.29, 0.717) is 23.9 Å². The molecule has 0 radical (unpaired) electrons. The largest absolute Gasteiger partial charge is 0.488 e. The van der Waals surface area contributed by atoms with Crippen molar-refractivity contribution in [3.63, 3.8) is 0 Å². The van der Waals surface area contributed by atoms with Crippen LogP contribution in [0.1, 0.15) is 26.7 Å². The second-order valence-corrected chi connectivity index (χ2v) is 8.44. The van der Waals surface area contributed by atoms with Crippen LogP contribution in [0.25, 0.3) is 10.9 Å². The van der Waals surface area contributed by atoms with Crippen molar-refractivity contribution in [1.82, 2.24) is 9.88 Å². The van der Waals surface area contributed by atoms with Crippen LogP contribution in [0, 0.1) is 0 Å². The number of benzene rings is 2. The predicted octanol–water partition coefficient (Wildman–Crippen LogP) is 5.12. The molecule has 1 aliphatic heterocycles. The maximum absolute atomic E-state index is 13.1. The minimum atomic E-state index is -0.957. The van der Waals surface area contributed by atoms with Crippen LogP contribution in [0.15, 0.2) is 60.8 Å². The number of para-hydroxylation sites is 1. The Balaban J connectivity index is 1.36. The van der Waals surface area contributed by atoms with Crippen LogP contribution in [0.4, 0.5) is 0 Å². The fraction of sp³-hybridized carbons (Fsp3) is 0.333. The van der Waals surface area contributed by atoms with Gasteiger partial charge in [0.2, 0.25) is 0 Å². The monoisotopic (exact) mass is 424 g/mol. The molecule has 0 atom stereocenters. The van der Waals surface area contributed by atoms with E-state index in [1.54, 1.807) is 44.3 Å². The van der Waals surface area contributed by atoms with Crippen molar-refractivity contribution in [1.29, 1.82) is 0 Å². The molecule has 156 valence electrons. The Morgan fingerprint density at radius 3 is 2.50 bits per heavy atom. The quantitative estimate of drug-likeness (QED) is 0.570. The number of nitrogens with zero attached hydrogens (tertiary/aromatic N) is 2. The molecule has 4 rings (SSSR count). The Bertz CT molecular complexity index is 1020. The van der Waals surface area contributed by atoms with Gasteiger partial charge >= 0.3 is 0 Å². The molecule has 0 N–H and O–H groups in total. The van der Waals surface area contributed by atoms with Crippen molar-refractivity contribution in [2.45, 2.75) is 38.4 Å². The summed E-state index contributed by atoms with van der Waals surface area (Å²) >= 11 is 5.92. The SMILES string of the molecule is CC(C)(Oc1ccc(Cl)cc1)C(=O)N1CCC(Oc2cccc3cccnc23)CC1. The number of piperidine rings is 1. The average molecular weight is 425 g/mol. The summed E-state index contributed by atoms with van der Waals surface area (Å²) in [6, 6.07) is 17.0. The summed E-state index contributed by atoms with van der Waals surface area (Å²) < 4.78 is 12.2. The number of aromatic nitrogens is 1. The molecule has 1 aromatic heterocycles. The summed E-state index contributed by atoms with van der Waals surface area (Å²) in [5, 5.41) is 1.69. The maximum atomic E-state index is 13.1. The van der Waals surface area contributed by atoms with E-state index in [0.717, 1.165) is 29.5 Å². The van der Waals surface area contributed by atoms with Gasteiger partial charge in [-0.05, 0) is 50.2 Å². The van der Waals surface area contributed by atoms with Crippen LogP contribution in [-0.2, 0) is 4.79 Å². The third-order valence-electron chi connectivity index (χ3n) is 5.32. The number of hydrogen-bond donors (Lipinski definition) is 0. The van der Waals surface area contributed by atoms with Gasteiger partial charge < -0.3 is 14.4 Å². The Kier molecular flexibility index (Phi) is 5.82. The molecule has 1 saturated heterocycles. The minimum Gasteiger partial charge on any atom is -0.488 e. The highest BCUT2D eigenvalue weighted by molar-refractivity contribution is 6.30. The third-order valence-corrected chi connectivity index (χ3v) is 5.57. The van der Waals surface area contributed by atoms with Gasteiger partial charge in [-0.3, -0.25) is 9.78 Å². The number of pyridine rings is 1. The lowest BCUT2D eigenvalue weighted by Gasteiger charge is -2.37. The van der Waals surface area contributed by atoms with E-state index >= 15 is 0 Å². The topological polar surface area (TPSA) is 51.7 Å². The molecule has 2 aromatic carbocycles. The summed E-state index contributed by atoms with van der Waals surface area (Å²) in [6.45, 7) is 4.87. The molecule has 5 nitrogen and oxygen atoms in total. The highest BCUT2D eigenvalue weighted by atomic mass is 35.5. The van der Waals surface area contributed by atoms with Gasteiger partial charge in [0.15, 0.2) is 5.60 Å². The molecule has 0 unspecified atom stereocenters. The van der Waals surface area contributed by atoms with Crippen LogP contribution in [0.3, 0.4) is 0 Å². The number of hydrogen-bond acceptors (Lipinski definition) is 4. The Hall–Kier alpha value is -2.79. The molecule has 0 spiro atoms. The number of likely N-dealkylation sites (tertiary alicyclic amines) is 1. The fourth-order valence-corrected chi connectivity index (χ4v) is 3.88. The molecular weight excluding hydrogens is 400 g/mol. The van der Waals surface area contributed by atoms with Crippen LogP contribution in [-0.4, -0.2) is 40.6 Å². The fourth-order valence-electron chi connectivity index (χ4n) is 3.75. The Morgan fingerprint density at radius 2 is 1.77 bits per heavy atom. The van der Waals surface area contributed by atoms with Gasteiger partial charge in [0.1, 0.15) is 23.1 Å². The van der Waals surface area contributed by atoms with Crippen LogP contribution >= 0.6 is 11.6 Å². The van der Waals surface area contributed by atoms with E-state index in [2.05, 4.69) is 4.98 Å². The van der Waals surface area contributed by atoms with Gasteiger partial charge in [-0.1, -0.05) is 29.8 Å².